The minimum Gasteiger partial charge on any atom is -0.508 e. The number of fused-ring (bicyclic) bond motifs is 6. The first-order valence-corrected chi connectivity index (χ1v) is 23.4. The van der Waals surface area contributed by atoms with Crippen LogP contribution in [0.2, 0.25) is 0 Å². The minimum atomic E-state index is -2.66. The number of amides is 2. The van der Waals surface area contributed by atoms with Gasteiger partial charge in [-0.2, -0.15) is 5.10 Å². The summed E-state index contributed by atoms with van der Waals surface area (Å²) in [6.07, 6.45) is 1.97. The molecule has 13 N–H and O–H groups in total. The van der Waals surface area contributed by atoms with Gasteiger partial charge in [-0.05, 0) is 141 Å². The van der Waals surface area contributed by atoms with E-state index < -0.39 is 116 Å². The average Bonchev–Trinajstić information content (AvgIpc) is 3.28. The number of rotatable bonds is 9. The standard InChI is InChI=1S/C26H32N4O7.C25H29N3O8/c1-25(2,3)29-28-10-11-6-7-15(31)17-13(11)8-12-9-14-19(30(4)5)21(33)18(24(27)36)23(35)26(14,37)22(34)16(12)20(17)32;1-5-36-27-10(2)12-6-7-15(29)17-13(12)8-11-9-14-19(28(3)4)21(31)18(24(26)34)23(33)25(14,35)22(32)16(11)20(17)30/h6-7,10,12,14,19,29,31-32,35,37H,8-9H2,1-5H3,(H2,27,36);6-7,11,14,19,29-30,33,35H,5,8-9H2,1-4H3,(H2,26,34)/b28-10+;27-10-/t12-,14-,19-,26-;11?,14?,19-,25-/m00/s1. The van der Waals surface area contributed by atoms with Crippen LogP contribution in [0.4, 0.5) is 0 Å². The summed E-state index contributed by atoms with van der Waals surface area (Å²) in [6.45, 7) is 9.64. The van der Waals surface area contributed by atoms with Crippen LogP contribution < -0.4 is 16.9 Å². The molecule has 2 fully saturated rings. The maximum atomic E-state index is 13.8. The molecular formula is C51H61N7O15. The summed E-state index contributed by atoms with van der Waals surface area (Å²) in [6, 6.07) is 3.73. The molecular weight excluding hydrogens is 951 g/mol. The van der Waals surface area contributed by atoms with Crippen molar-refractivity contribution in [2.24, 2.45) is 45.4 Å². The van der Waals surface area contributed by atoms with Crippen molar-refractivity contribution in [3.8, 4) is 11.5 Å². The van der Waals surface area contributed by atoms with Gasteiger partial charge < -0.3 is 62.6 Å². The summed E-state index contributed by atoms with van der Waals surface area (Å²) in [5.41, 5.74) is 8.75. The summed E-state index contributed by atoms with van der Waals surface area (Å²) in [4.78, 5) is 86.0. The number of primary amides is 2. The Morgan fingerprint density at radius 1 is 0.740 bits per heavy atom. The molecule has 2 aromatic rings. The van der Waals surface area contributed by atoms with Crippen LogP contribution in [0, 0.1) is 23.7 Å². The van der Waals surface area contributed by atoms with Crippen molar-refractivity contribution >= 4 is 58.4 Å². The van der Waals surface area contributed by atoms with Crippen LogP contribution in [-0.2, 0) is 46.4 Å². The number of aliphatic hydroxyl groups is 6. The molecule has 22 nitrogen and oxygen atoms in total. The molecule has 0 aromatic heterocycles. The number of aliphatic hydroxyl groups excluding tert-OH is 4. The van der Waals surface area contributed by atoms with E-state index >= 15 is 0 Å². The Kier molecular flexibility index (Phi) is 13.8. The van der Waals surface area contributed by atoms with E-state index in [4.69, 9.17) is 16.3 Å². The Bertz CT molecular complexity index is 2980. The number of phenolic OH excluding ortho intramolecular Hbond substituents is 2. The fourth-order valence-corrected chi connectivity index (χ4v) is 11.5. The van der Waals surface area contributed by atoms with E-state index in [0.717, 1.165) is 0 Å². The number of nitrogens with two attached hydrogens (primary N) is 2. The lowest BCUT2D eigenvalue weighted by atomic mass is 9.57. The van der Waals surface area contributed by atoms with Crippen LogP contribution in [0.5, 0.6) is 11.5 Å². The predicted molar refractivity (Wildman–Crippen MR) is 263 cm³/mol. The van der Waals surface area contributed by atoms with Gasteiger partial charge >= 0.3 is 0 Å². The quantitative estimate of drug-likeness (QED) is 0.0961. The first-order chi connectivity index (χ1) is 34.0. The second-order valence-corrected chi connectivity index (χ2v) is 20.7. The Morgan fingerprint density at radius 2 is 1.16 bits per heavy atom. The van der Waals surface area contributed by atoms with E-state index in [2.05, 4.69) is 15.7 Å². The van der Waals surface area contributed by atoms with Crippen molar-refractivity contribution < 1.29 is 74.5 Å². The van der Waals surface area contributed by atoms with Crippen LogP contribution >= 0.6 is 0 Å². The monoisotopic (exact) mass is 1010 g/mol. The van der Waals surface area contributed by atoms with E-state index in [1.807, 2.05) is 20.8 Å². The van der Waals surface area contributed by atoms with Gasteiger partial charge in [0, 0.05) is 34.1 Å². The first kappa shape index (κ1) is 53.4. The maximum Gasteiger partial charge on any atom is 0.255 e. The topological polar surface area (TPSA) is 369 Å². The van der Waals surface area contributed by atoms with Crippen LogP contribution in [0.3, 0.4) is 0 Å². The summed E-state index contributed by atoms with van der Waals surface area (Å²) in [5.74, 6) is -13.6. The normalized spacial score (nSPS) is 28.0. The van der Waals surface area contributed by atoms with Crippen molar-refractivity contribution in [1.29, 1.82) is 0 Å². The molecule has 6 aliphatic rings. The number of nitrogens with zero attached hydrogens (tertiary/aromatic N) is 4. The molecule has 2 amide bonds. The number of likely N-dealkylation sites (N-methyl/N-ethyl adjacent to an activating group) is 2. The van der Waals surface area contributed by atoms with E-state index in [9.17, 15) is 69.6 Å². The maximum absolute atomic E-state index is 13.8. The summed E-state index contributed by atoms with van der Waals surface area (Å²) < 4.78 is 0. The number of benzene rings is 2. The molecule has 2 aromatic carbocycles. The summed E-state index contributed by atoms with van der Waals surface area (Å²) in [5, 5.41) is 96.9. The number of carbonyl (C=O) groups is 6. The number of ketones is 4. The van der Waals surface area contributed by atoms with Crippen LogP contribution in [-0.4, -0.2) is 161 Å². The van der Waals surface area contributed by atoms with Crippen molar-refractivity contribution in [1.82, 2.24) is 15.2 Å². The minimum absolute atomic E-state index is 0.00911. The van der Waals surface area contributed by atoms with Crippen molar-refractivity contribution in [2.75, 3.05) is 34.8 Å². The van der Waals surface area contributed by atoms with Crippen molar-refractivity contribution in [3.05, 3.63) is 91.5 Å². The zero-order chi connectivity index (χ0) is 54.3. The number of carbonyl (C=O) groups excluding carboxylic acids is 6. The Labute approximate surface area is 419 Å². The van der Waals surface area contributed by atoms with Crippen LogP contribution in [0.15, 0.2) is 68.3 Å². The lowest BCUT2D eigenvalue weighted by Crippen LogP contribution is -2.65. The molecule has 390 valence electrons. The number of oxime groups is 1. The van der Waals surface area contributed by atoms with E-state index in [-0.39, 0.29) is 65.0 Å². The molecule has 0 heterocycles. The van der Waals surface area contributed by atoms with Crippen molar-refractivity contribution in [2.45, 2.75) is 89.1 Å². The molecule has 0 aliphatic heterocycles. The first-order valence-electron chi connectivity index (χ1n) is 23.4. The average molecular weight is 1010 g/mol. The number of hydrogen-bond acceptors (Lipinski definition) is 20. The lowest BCUT2D eigenvalue weighted by Gasteiger charge is -2.50. The molecule has 6 aliphatic carbocycles. The third-order valence-electron chi connectivity index (χ3n) is 14.6. The molecule has 2 unspecified atom stereocenters. The van der Waals surface area contributed by atoms with Gasteiger partial charge in [-0.15, -0.1) is 0 Å². The lowest BCUT2D eigenvalue weighted by molar-refractivity contribution is -0.155. The Balaban J connectivity index is 0.000000214. The molecule has 22 heteroatoms. The van der Waals surface area contributed by atoms with E-state index in [1.54, 1.807) is 60.4 Å². The van der Waals surface area contributed by atoms with Gasteiger partial charge in [0.2, 0.25) is 11.6 Å². The molecule has 0 bridgehead atoms. The van der Waals surface area contributed by atoms with Crippen molar-refractivity contribution in [3.63, 3.8) is 0 Å². The highest BCUT2D eigenvalue weighted by atomic mass is 16.6. The van der Waals surface area contributed by atoms with Gasteiger partial charge in [-0.1, -0.05) is 5.16 Å². The predicted octanol–water partition coefficient (Wildman–Crippen LogP) is 1.41. The highest BCUT2D eigenvalue weighted by molar-refractivity contribution is 6.26. The SMILES string of the molecule is CCO/N=C(/C)c1ccc(O)c2c1CC1CC3[C@H](N(C)C)C(=O)C(C(N)=O)=C(O)[C@@]3(O)C(=O)C1=C2O.CN(C)[C@@H]1C(=O)C(C(N)=O)=C(O)[C@@]2(O)C(=O)C3=C(O)c4c(O)ccc(/C=N/NC(C)(C)C)c4C[C@H]3C[C@@H]12. The molecule has 73 heavy (non-hydrogen) atoms. The van der Waals surface area contributed by atoms with Gasteiger partial charge in [0.05, 0.1) is 35.1 Å². The second kappa shape index (κ2) is 18.9. The van der Waals surface area contributed by atoms with E-state index in [0.29, 0.717) is 34.6 Å². The fraction of sp³-hybridized carbons (Fsp3) is 0.451. The third kappa shape index (κ3) is 8.40. The highest BCUT2D eigenvalue weighted by Crippen LogP contribution is 2.55. The number of nitrogens with one attached hydrogen (secondary N) is 1. The number of hydrogen-bond donors (Lipinski definition) is 11. The third-order valence-corrected chi connectivity index (χ3v) is 14.6. The molecule has 0 spiro atoms. The number of Topliss-reactive ketones (excluding diaryl/α,β-unsaturated/α-hetero) is 4. The second-order valence-electron chi connectivity index (χ2n) is 20.7. The van der Waals surface area contributed by atoms with Crippen LogP contribution in [0.1, 0.15) is 80.8 Å². The van der Waals surface area contributed by atoms with Gasteiger partial charge in [0.25, 0.3) is 11.8 Å². The fourth-order valence-electron chi connectivity index (χ4n) is 11.5. The smallest absolute Gasteiger partial charge is 0.255 e. The molecule has 8 rings (SSSR count). The molecule has 8 atom stereocenters. The Morgan fingerprint density at radius 3 is 1.58 bits per heavy atom. The largest absolute Gasteiger partial charge is 0.508 e. The van der Waals surface area contributed by atoms with E-state index in [1.165, 1.54) is 21.9 Å². The van der Waals surface area contributed by atoms with Gasteiger partial charge in [-0.25, -0.2) is 0 Å². The summed E-state index contributed by atoms with van der Waals surface area (Å²) >= 11 is 0. The molecule has 2 saturated carbocycles. The van der Waals surface area contributed by atoms with Gasteiger partial charge in [-0.3, -0.25) is 38.6 Å². The summed E-state index contributed by atoms with van der Waals surface area (Å²) in [7, 11) is 6.22. The number of hydrazone groups is 1. The van der Waals surface area contributed by atoms with Gasteiger partial charge in [0.15, 0.2) is 22.8 Å². The molecule has 0 radical (unpaired) electrons. The Hall–Kier alpha value is -7.40. The number of phenols is 2. The zero-order valence-corrected chi connectivity index (χ0v) is 41.8. The van der Waals surface area contributed by atoms with Crippen LogP contribution in [0.25, 0.3) is 11.5 Å². The highest BCUT2D eigenvalue weighted by Gasteiger charge is 2.66. The number of aromatic hydroxyl groups is 2. The van der Waals surface area contributed by atoms with Gasteiger partial charge in [0.1, 0.15) is 52.3 Å². The molecule has 0 saturated heterocycles. The zero-order valence-electron chi connectivity index (χ0n) is 41.8.